The van der Waals surface area contributed by atoms with Gasteiger partial charge < -0.3 is 5.11 Å². The molecule has 1 heterocycles. The number of hydrogen-bond donors (Lipinski definition) is 1. The Kier molecular flexibility index (Phi) is 4.57. The second kappa shape index (κ2) is 5.74. The molecule has 0 unspecified atom stereocenters. The van der Waals surface area contributed by atoms with Crippen molar-refractivity contribution >= 4 is 29.1 Å². The van der Waals surface area contributed by atoms with Crippen LogP contribution in [-0.4, -0.2) is 16.8 Å². The number of aromatic carboxylic acids is 1. The number of hydrogen-bond acceptors (Lipinski definition) is 3. The van der Waals surface area contributed by atoms with Gasteiger partial charge in [0.15, 0.2) is 0 Å². The molecule has 2 nitrogen and oxygen atoms in total. The lowest BCUT2D eigenvalue weighted by atomic mass is 10.5. The maximum Gasteiger partial charge on any atom is 0.345 e. The topological polar surface area (TPSA) is 37.3 Å². The van der Waals surface area contributed by atoms with Crippen molar-refractivity contribution < 1.29 is 9.90 Å². The van der Waals surface area contributed by atoms with Crippen LogP contribution in [0, 0.1) is 11.8 Å². The van der Waals surface area contributed by atoms with Gasteiger partial charge in [0.05, 0.1) is 0 Å². The summed E-state index contributed by atoms with van der Waals surface area (Å²) in [6.07, 6.45) is 0.847. The quantitative estimate of drug-likeness (QED) is 0.487. The van der Waals surface area contributed by atoms with E-state index in [0.29, 0.717) is 4.88 Å². The standard InChI is InChI=1S/C10H10O2S2/c1-2-3-4-5-13-8-6-9(10(11)12)14-7-8/h6-7H,4-5H2,1H3,(H,11,12). The normalized spacial score (nSPS) is 9.21. The Bertz CT molecular complexity index is 371. The van der Waals surface area contributed by atoms with Crippen molar-refractivity contribution in [2.24, 2.45) is 0 Å². The second-order valence-corrected chi connectivity index (χ2v) is 4.56. The minimum atomic E-state index is -0.852. The molecule has 0 aromatic carbocycles. The first kappa shape index (κ1) is 11.2. The molecule has 0 atom stereocenters. The fraction of sp³-hybridized carbons (Fsp3) is 0.300. The molecule has 0 aliphatic rings. The van der Waals surface area contributed by atoms with Crippen molar-refractivity contribution in [3.8, 4) is 11.8 Å². The Morgan fingerprint density at radius 3 is 3.07 bits per heavy atom. The Hall–Kier alpha value is -0.920. The molecule has 0 saturated heterocycles. The van der Waals surface area contributed by atoms with Gasteiger partial charge >= 0.3 is 5.97 Å². The van der Waals surface area contributed by atoms with Gasteiger partial charge in [-0.15, -0.1) is 34.9 Å². The monoisotopic (exact) mass is 226 g/mol. The lowest BCUT2D eigenvalue weighted by Crippen LogP contribution is -1.89. The molecule has 74 valence electrons. The third-order valence-electron chi connectivity index (χ3n) is 1.46. The average Bonchev–Trinajstić information content (AvgIpc) is 2.61. The Balaban J connectivity index is 2.42. The first-order valence-electron chi connectivity index (χ1n) is 4.08. The summed E-state index contributed by atoms with van der Waals surface area (Å²) in [6.45, 7) is 1.82. The predicted molar refractivity (Wildman–Crippen MR) is 60.1 cm³/mol. The molecule has 0 aliphatic heterocycles. The van der Waals surface area contributed by atoms with Gasteiger partial charge in [0, 0.05) is 22.4 Å². The summed E-state index contributed by atoms with van der Waals surface area (Å²) in [4.78, 5) is 12.0. The van der Waals surface area contributed by atoms with Gasteiger partial charge in [0.25, 0.3) is 0 Å². The van der Waals surface area contributed by atoms with Crippen LogP contribution in [0.15, 0.2) is 16.3 Å². The highest BCUT2D eigenvalue weighted by Crippen LogP contribution is 2.25. The Labute approximate surface area is 91.3 Å². The van der Waals surface area contributed by atoms with Crippen LogP contribution >= 0.6 is 23.1 Å². The summed E-state index contributed by atoms with van der Waals surface area (Å²) in [5.74, 6) is 5.85. The maximum absolute atomic E-state index is 10.6. The second-order valence-electron chi connectivity index (χ2n) is 2.48. The van der Waals surface area contributed by atoms with E-state index in [1.54, 1.807) is 17.8 Å². The van der Waals surface area contributed by atoms with Crippen LogP contribution in [-0.2, 0) is 0 Å². The van der Waals surface area contributed by atoms with Crippen molar-refractivity contribution in [2.75, 3.05) is 5.75 Å². The largest absolute Gasteiger partial charge is 0.477 e. The number of carboxylic acid groups (broad SMARTS) is 1. The Morgan fingerprint density at radius 1 is 1.71 bits per heavy atom. The highest BCUT2D eigenvalue weighted by Gasteiger charge is 2.06. The predicted octanol–water partition coefficient (Wildman–Crippen LogP) is 2.95. The van der Waals surface area contributed by atoms with Gasteiger partial charge in [-0.3, -0.25) is 0 Å². The summed E-state index contributed by atoms with van der Waals surface area (Å²) in [5.41, 5.74) is 0. The van der Waals surface area contributed by atoms with Crippen LogP contribution in [0.4, 0.5) is 0 Å². The summed E-state index contributed by atoms with van der Waals surface area (Å²) >= 11 is 2.91. The van der Waals surface area contributed by atoms with E-state index in [1.807, 2.05) is 12.3 Å². The number of rotatable bonds is 4. The summed E-state index contributed by atoms with van der Waals surface area (Å²) < 4.78 is 0. The lowest BCUT2D eigenvalue weighted by Gasteiger charge is -1.91. The molecule has 1 N–H and O–H groups in total. The first-order chi connectivity index (χ1) is 6.74. The third kappa shape index (κ3) is 3.44. The van der Waals surface area contributed by atoms with E-state index in [4.69, 9.17) is 5.11 Å². The van der Waals surface area contributed by atoms with Crippen molar-refractivity contribution in [1.29, 1.82) is 0 Å². The number of carboxylic acids is 1. The van der Waals surface area contributed by atoms with E-state index in [-0.39, 0.29) is 0 Å². The summed E-state index contributed by atoms with van der Waals surface area (Å²) in [5, 5.41) is 10.6. The van der Waals surface area contributed by atoms with Gasteiger partial charge in [0.1, 0.15) is 4.88 Å². The third-order valence-corrected chi connectivity index (χ3v) is 3.50. The maximum atomic E-state index is 10.6. The molecule has 1 rings (SSSR count). The molecule has 0 saturated carbocycles. The zero-order chi connectivity index (χ0) is 10.4. The fourth-order valence-electron chi connectivity index (χ4n) is 0.852. The van der Waals surface area contributed by atoms with Crippen LogP contribution < -0.4 is 0 Å². The molecule has 0 amide bonds. The van der Waals surface area contributed by atoms with Crippen LogP contribution in [0.3, 0.4) is 0 Å². The van der Waals surface area contributed by atoms with Gasteiger partial charge in [-0.1, -0.05) is 0 Å². The van der Waals surface area contributed by atoms with Crippen molar-refractivity contribution in [2.45, 2.75) is 18.2 Å². The molecule has 4 heteroatoms. The first-order valence-corrected chi connectivity index (χ1v) is 5.95. The van der Waals surface area contributed by atoms with E-state index in [0.717, 1.165) is 17.1 Å². The minimum Gasteiger partial charge on any atom is -0.477 e. The molecule has 1 aromatic rings. The molecule has 0 spiro atoms. The van der Waals surface area contributed by atoms with E-state index in [1.165, 1.54) is 11.3 Å². The highest BCUT2D eigenvalue weighted by atomic mass is 32.2. The number of thiophene rings is 1. The minimum absolute atomic E-state index is 0.397. The lowest BCUT2D eigenvalue weighted by molar-refractivity contribution is 0.0702. The zero-order valence-corrected chi connectivity index (χ0v) is 9.37. The van der Waals surface area contributed by atoms with Crippen molar-refractivity contribution in [3.05, 3.63) is 16.3 Å². The summed E-state index contributed by atoms with van der Waals surface area (Å²) in [6, 6.07) is 1.71. The molecular weight excluding hydrogens is 216 g/mol. The van der Waals surface area contributed by atoms with E-state index >= 15 is 0 Å². The van der Waals surface area contributed by atoms with Crippen LogP contribution in [0.1, 0.15) is 23.0 Å². The van der Waals surface area contributed by atoms with Crippen molar-refractivity contribution in [3.63, 3.8) is 0 Å². The van der Waals surface area contributed by atoms with Crippen LogP contribution in [0.25, 0.3) is 0 Å². The highest BCUT2D eigenvalue weighted by molar-refractivity contribution is 7.99. The van der Waals surface area contributed by atoms with Gasteiger partial charge in [-0.25, -0.2) is 4.79 Å². The smallest absolute Gasteiger partial charge is 0.345 e. The molecular formula is C10H10O2S2. The SMILES string of the molecule is CC#CCCSc1csc(C(=O)O)c1. The van der Waals surface area contributed by atoms with Crippen LogP contribution in [0.2, 0.25) is 0 Å². The number of thioether (sulfide) groups is 1. The van der Waals surface area contributed by atoms with Crippen LogP contribution in [0.5, 0.6) is 0 Å². The van der Waals surface area contributed by atoms with Gasteiger partial charge in [0.2, 0.25) is 0 Å². The molecule has 0 radical (unpaired) electrons. The Morgan fingerprint density at radius 2 is 2.50 bits per heavy atom. The van der Waals surface area contributed by atoms with Crippen molar-refractivity contribution in [1.82, 2.24) is 0 Å². The van der Waals surface area contributed by atoms with E-state index in [9.17, 15) is 4.79 Å². The molecule has 14 heavy (non-hydrogen) atoms. The number of carbonyl (C=O) groups is 1. The molecule has 0 aliphatic carbocycles. The van der Waals surface area contributed by atoms with E-state index < -0.39 is 5.97 Å². The van der Waals surface area contributed by atoms with E-state index in [2.05, 4.69) is 11.8 Å². The fourth-order valence-corrected chi connectivity index (χ4v) is 2.59. The average molecular weight is 226 g/mol. The van der Waals surface area contributed by atoms with Gasteiger partial charge in [-0.2, -0.15) is 0 Å². The molecule has 0 fully saturated rings. The van der Waals surface area contributed by atoms with Gasteiger partial charge in [-0.05, 0) is 13.0 Å². The summed E-state index contributed by atoms with van der Waals surface area (Å²) in [7, 11) is 0. The molecule has 1 aromatic heterocycles. The zero-order valence-electron chi connectivity index (χ0n) is 7.74. The molecule has 0 bridgehead atoms.